The summed E-state index contributed by atoms with van der Waals surface area (Å²) in [5.41, 5.74) is 3.21. The molecule has 1 saturated heterocycles. The van der Waals surface area contributed by atoms with Crippen molar-refractivity contribution in [1.29, 1.82) is 0 Å². The first-order valence-corrected chi connectivity index (χ1v) is 9.48. The van der Waals surface area contributed by atoms with Crippen LogP contribution in [-0.2, 0) is 11.8 Å². The largest absolute Gasteiger partial charge is 0.464 e. The number of nitrogens with one attached hydrogen (secondary N) is 1. The molecule has 1 aliphatic rings. The van der Waals surface area contributed by atoms with Crippen molar-refractivity contribution in [3.05, 3.63) is 47.8 Å². The Morgan fingerprint density at radius 2 is 1.64 bits per heavy atom. The molecule has 1 aromatic heterocycles. The Hall–Kier alpha value is -2.96. The highest BCUT2D eigenvalue weighted by atomic mass is 16.5. The average molecular weight is 384 g/mol. The SMILES string of the molecule is COC(=O)c1ccc(C(=O)NC2CCN(c3ccc(N(C)C)cc3)CC2)n1C. The van der Waals surface area contributed by atoms with Crippen LogP contribution in [0, 0.1) is 0 Å². The summed E-state index contributed by atoms with van der Waals surface area (Å²) >= 11 is 0. The molecule has 3 rings (SSSR count). The number of carbonyl (C=O) groups is 2. The van der Waals surface area contributed by atoms with Crippen LogP contribution in [-0.4, -0.2) is 56.8 Å². The number of amides is 1. The van der Waals surface area contributed by atoms with Gasteiger partial charge in [-0.25, -0.2) is 4.79 Å². The Morgan fingerprint density at radius 3 is 2.21 bits per heavy atom. The van der Waals surface area contributed by atoms with E-state index in [0.29, 0.717) is 11.4 Å². The third-order valence-electron chi connectivity index (χ3n) is 5.31. The Bertz CT molecular complexity index is 834. The number of anilines is 2. The number of piperidine rings is 1. The molecule has 1 aliphatic heterocycles. The maximum atomic E-state index is 12.6. The van der Waals surface area contributed by atoms with E-state index in [-0.39, 0.29) is 11.9 Å². The van der Waals surface area contributed by atoms with Crippen LogP contribution in [0.5, 0.6) is 0 Å². The van der Waals surface area contributed by atoms with Gasteiger partial charge < -0.3 is 24.4 Å². The van der Waals surface area contributed by atoms with Crippen molar-refractivity contribution in [2.75, 3.05) is 44.1 Å². The lowest BCUT2D eigenvalue weighted by atomic mass is 10.0. The molecule has 1 aromatic carbocycles. The number of methoxy groups -OCH3 is 1. The molecule has 7 heteroatoms. The number of carbonyl (C=O) groups excluding carboxylic acids is 2. The fourth-order valence-electron chi connectivity index (χ4n) is 3.55. The van der Waals surface area contributed by atoms with Gasteiger partial charge >= 0.3 is 5.97 Å². The Morgan fingerprint density at radius 1 is 1.04 bits per heavy atom. The normalized spacial score (nSPS) is 14.6. The van der Waals surface area contributed by atoms with Crippen molar-refractivity contribution in [2.24, 2.45) is 7.05 Å². The first-order valence-electron chi connectivity index (χ1n) is 9.48. The molecule has 1 fully saturated rings. The van der Waals surface area contributed by atoms with Gasteiger partial charge in [-0.15, -0.1) is 0 Å². The van der Waals surface area contributed by atoms with Gasteiger partial charge in [-0.1, -0.05) is 0 Å². The zero-order chi connectivity index (χ0) is 20.3. The minimum atomic E-state index is -0.449. The topological polar surface area (TPSA) is 66.8 Å². The summed E-state index contributed by atoms with van der Waals surface area (Å²) in [7, 11) is 7.09. The van der Waals surface area contributed by atoms with E-state index < -0.39 is 5.97 Å². The first kappa shape index (κ1) is 19.8. The van der Waals surface area contributed by atoms with E-state index in [2.05, 4.69) is 39.4 Å². The van der Waals surface area contributed by atoms with Gasteiger partial charge in [0.2, 0.25) is 0 Å². The van der Waals surface area contributed by atoms with Crippen LogP contribution in [0.2, 0.25) is 0 Å². The summed E-state index contributed by atoms with van der Waals surface area (Å²) in [6.07, 6.45) is 1.77. The van der Waals surface area contributed by atoms with E-state index in [0.717, 1.165) is 25.9 Å². The molecule has 7 nitrogen and oxygen atoms in total. The second kappa shape index (κ2) is 8.37. The summed E-state index contributed by atoms with van der Waals surface area (Å²) in [5, 5.41) is 3.10. The zero-order valence-electron chi connectivity index (χ0n) is 16.9. The summed E-state index contributed by atoms with van der Waals surface area (Å²) in [5.74, 6) is -0.610. The number of ether oxygens (including phenoxy) is 1. The van der Waals surface area contributed by atoms with E-state index in [4.69, 9.17) is 4.74 Å². The van der Waals surface area contributed by atoms with Crippen LogP contribution in [0.1, 0.15) is 33.8 Å². The molecule has 0 unspecified atom stereocenters. The molecule has 0 spiro atoms. The second-order valence-electron chi connectivity index (χ2n) is 7.30. The van der Waals surface area contributed by atoms with Gasteiger partial charge in [-0.05, 0) is 49.2 Å². The minimum Gasteiger partial charge on any atom is -0.464 e. The maximum absolute atomic E-state index is 12.6. The fraction of sp³-hybridized carbons (Fsp3) is 0.429. The highest BCUT2D eigenvalue weighted by Gasteiger charge is 2.23. The van der Waals surface area contributed by atoms with Crippen LogP contribution in [0.3, 0.4) is 0 Å². The predicted molar refractivity (Wildman–Crippen MR) is 110 cm³/mol. The maximum Gasteiger partial charge on any atom is 0.354 e. The number of hydrogen-bond donors (Lipinski definition) is 1. The second-order valence-corrected chi connectivity index (χ2v) is 7.30. The molecule has 2 heterocycles. The van der Waals surface area contributed by atoms with Crippen LogP contribution in [0.4, 0.5) is 11.4 Å². The zero-order valence-corrected chi connectivity index (χ0v) is 16.9. The lowest BCUT2D eigenvalue weighted by molar-refractivity contribution is 0.0589. The number of rotatable bonds is 5. The number of benzene rings is 1. The van der Waals surface area contributed by atoms with Crippen LogP contribution >= 0.6 is 0 Å². The van der Waals surface area contributed by atoms with E-state index in [1.165, 1.54) is 18.5 Å². The van der Waals surface area contributed by atoms with Crippen LogP contribution < -0.4 is 15.1 Å². The highest BCUT2D eigenvalue weighted by Crippen LogP contribution is 2.23. The molecule has 1 N–H and O–H groups in total. The van der Waals surface area contributed by atoms with Gasteiger partial charge in [-0.3, -0.25) is 4.79 Å². The molecule has 150 valence electrons. The molecule has 1 amide bonds. The Labute approximate surface area is 165 Å². The van der Waals surface area contributed by atoms with Crippen molar-refractivity contribution in [3.63, 3.8) is 0 Å². The first-order chi connectivity index (χ1) is 13.4. The van der Waals surface area contributed by atoms with Crippen molar-refractivity contribution >= 4 is 23.3 Å². The van der Waals surface area contributed by atoms with Crippen molar-refractivity contribution in [1.82, 2.24) is 9.88 Å². The lowest BCUT2D eigenvalue weighted by Gasteiger charge is -2.34. The third kappa shape index (κ3) is 4.13. The predicted octanol–water partition coefficient (Wildman–Crippen LogP) is 2.28. The molecule has 0 atom stereocenters. The molecule has 0 saturated carbocycles. The number of aromatic nitrogens is 1. The van der Waals surface area contributed by atoms with Gasteiger partial charge in [0.25, 0.3) is 5.91 Å². The van der Waals surface area contributed by atoms with Crippen LogP contribution in [0.25, 0.3) is 0 Å². The fourth-order valence-corrected chi connectivity index (χ4v) is 3.55. The summed E-state index contributed by atoms with van der Waals surface area (Å²) < 4.78 is 6.31. The molecular weight excluding hydrogens is 356 g/mol. The molecule has 0 aliphatic carbocycles. The highest BCUT2D eigenvalue weighted by molar-refractivity contribution is 5.96. The molecule has 0 bridgehead atoms. The molecule has 0 radical (unpaired) electrons. The van der Waals surface area contributed by atoms with E-state index >= 15 is 0 Å². The number of esters is 1. The molecule has 28 heavy (non-hydrogen) atoms. The van der Waals surface area contributed by atoms with Crippen LogP contribution in [0.15, 0.2) is 36.4 Å². The smallest absolute Gasteiger partial charge is 0.354 e. The third-order valence-corrected chi connectivity index (χ3v) is 5.31. The number of hydrogen-bond acceptors (Lipinski definition) is 5. The molecule has 2 aromatic rings. The van der Waals surface area contributed by atoms with E-state index in [9.17, 15) is 9.59 Å². The summed E-state index contributed by atoms with van der Waals surface area (Å²) in [6.45, 7) is 1.79. The van der Waals surface area contributed by atoms with E-state index in [1.54, 1.807) is 23.7 Å². The van der Waals surface area contributed by atoms with Gasteiger partial charge in [0.1, 0.15) is 11.4 Å². The van der Waals surface area contributed by atoms with Gasteiger partial charge in [0.05, 0.1) is 7.11 Å². The molecular formula is C21H28N4O3. The standard InChI is InChI=1S/C21H28N4O3/c1-23(2)16-5-7-17(8-6-16)25-13-11-15(12-14-25)22-20(26)18-9-10-19(24(18)3)21(27)28-4/h5-10,15H,11-14H2,1-4H3,(H,22,26). The van der Waals surface area contributed by atoms with E-state index in [1.807, 2.05) is 14.1 Å². The summed E-state index contributed by atoms with van der Waals surface area (Å²) in [6, 6.07) is 11.9. The minimum absolute atomic E-state index is 0.126. The summed E-state index contributed by atoms with van der Waals surface area (Å²) in [4.78, 5) is 28.7. The van der Waals surface area contributed by atoms with Gasteiger partial charge in [0, 0.05) is 51.6 Å². The Balaban J connectivity index is 1.56. The average Bonchev–Trinajstić information content (AvgIpc) is 3.09. The quantitative estimate of drug-likeness (QED) is 0.801. The van der Waals surface area contributed by atoms with Crippen molar-refractivity contribution in [2.45, 2.75) is 18.9 Å². The lowest BCUT2D eigenvalue weighted by Crippen LogP contribution is -2.45. The number of nitrogens with zero attached hydrogens (tertiary/aromatic N) is 3. The van der Waals surface area contributed by atoms with Gasteiger partial charge in [0.15, 0.2) is 0 Å². The van der Waals surface area contributed by atoms with Crippen molar-refractivity contribution in [3.8, 4) is 0 Å². The monoisotopic (exact) mass is 384 g/mol. The van der Waals surface area contributed by atoms with Crippen molar-refractivity contribution < 1.29 is 14.3 Å². The van der Waals surface area contributed by atoms with Gasteiger partial charge in [-0.2, -0.15) is 0 Å². The Kier molecular flexibility index (Phi) is 5.92.